The third kappa shape index (κ3) is 2.33. The van der Waals surface area contributed by atoms with Crippen LogP contribution in [-0.2, 0) is 10.0 Å². The van der Waals surface area contributed by atoms with E-state index in [9.17, 15) is 8.42 Å². The second-order valence-electron chi connectivity index (χ2n) is 4.65. The number of nitrogen functional groups attached to an aromatic ring is 1. The average molecular weight is 262 g/mol. The molecule has 3 N–H and O–H groups in total. The zero-order valence-corrected chi connectivity index (χ0v) is 10.7. The fourth-order valence-corrected chi connectivity index (χ4v) is 3.43. The van der Waals surface area contributed by atoms with Crippen LogP contribution in [0.3, 0.4) is 0 Å². The summed E-state index contributed by atoms with van der Waals surface area (Å²) in [6.45, 7) is 4.69. The number of nitrogens with one attached hydrogen (secondary N) is 1. The van der Waals surface area contributed by atoms with Gasteiger partial charge in [0.05, 0.1) is 0 Å². The third-order valence-electron chi connectivity index (χ3n) is 2.89. The van der Waals surface area contributed by atoms with Crippen molar-refractivity contribution in [1.82, 2.24) is 14.9 Å². The molecule has 1 aliphatic carbocycles. The summed E-state index contributed by atoms with van der Waals surface area (Å²) in [5.74, 6) is 0.410. The number of anilines is 1. The number of nitrogens with zero attached hydrogens (tertiary/aromatic N) is 2. The van der Waals surface area contributed by atoms with Gasteiger partial charge in [0.2, 0.25) is 9.47 Å². The lowest BCUT2D eigenvalue weighted by molar-refractivity contribution is 0.537. The summed E-state index contributed by atoms with van der Waals surface area (Å²) in [4.78, 5) is 0. The predicted octanol–water partition coefficient (Wildman–Crippen LogP) is 0.445. The number of hydrogen-bond acceptors (Lipinski definition) is 6. The van der Waals surface area contributed by atoms with Crippen LogP contribution < -0.4 is 10.5 Å². The Balaban J connectivity index is 1.99. The van der Waals surface area contributed by atoms with Crippen molar-refractivity contribution in [3.8, 4) is 0 Å². The van der Waals surface area contributed by atoms with E-state index in [1.54, 1.807) is 0 Å². The second-order valence-corrected chi connectivity index (χ2v) is 7.60. The molecule has 0 aromatic carbocycles. The molecule has 1 aromatic rings. The fraction of sp³-hybridized carbons (Fsp3) is 0.750. The van der Waals surface area contributed by atoms with Crippen LogP contribution in [0.2, 0.25) is 0 Å². The highest BCUT2D eigenvalue weighted by Gasteiger charge is 2.45. The lowest BCUT2D eigenvalue weighted by Gasteiger charge is -2.04. The van der Waals surface area contributed by atoms with E-state index in [1.165, 1.54) is 0 Å². The van der Waals surface area contributed by atoms with Gasteiger partial charge in [-0.1, -0.05) is 25.2 Å². The maximum Gasteiger partial charge on any atom is 0.269 e. The SMILES string of the molecule is CC1(C)CC1CNS(=O)(=O)c1nnc(N)s1. The predicted molar refractivity (Wildman–Crippen MR) is 61.4 cm³/mol. The van der Waals surface area contributed by atoms with Crippen LogP contribution in [0.4, 0.5) is 5.13 Å². The van der Waals surface area contributed by atoms with Gasteiger partial charge in [-0.3, -0.25) is 0 Å². The highest BCUT2D eigenvalue weighted by Crippen LogP contribution is 2.51. The zero-order chi connectivity index (χ0) is 12.0. The molecule has 0 spiro atoms. The minimum atomic E-state index is -3.53. The van der Waals surface area contributed by atoms with Crippen molar-refractivity contribution in [2.24, 2.45) is 11.3 Å². The Morgan fingerprint density at radius 2 is 2.19 bits per heavy atom. The van der Waals surface area contributed by atoms with Gasteiger partial charge in [-0.2, -0.15) is 0 Å². The summed E-state index contributed by atoms with van der Waals surface area (Å²) in [5, 5.41) is 7.16. The Morgan fingerprint density at radius 1 is 1.56 bits per heavy atom. The van der Waals surface area contributed by atoms with Crippen molar-refractivity contribution in [2.75, 3.05) is 12.3 Å². The molecular formula is C8H14N4O2S2. The summed E-state index contributed by atoms with van der Waals surface area (Å²) in [6.07, 6.45) is 1.05. The maximum atomic E-state index is 11.7. The van der Waals surface area contributed by atoms with Gasteiger partial charge in [0, 0.05) is 6.54 Å². The van der Waals surface area contributed by atoms with Gasteiger partial charge >= 0.3 is 0 Å². The third-order valence-corrected chi connectivity index (χ3v) is 5.43. The van der Waals surface area contributed by atoms with Crippen LogP contribution in [0.15, 0.2) is 4.34 Å². The average Bonchev–Trinajstić information content (AvgIpc) is 2.59. The van der Waals surface area contributed by atoms with E-state index in [4.69, 9.17) is 5.73 Å². The van der Waals surface area contributed by atoms with Crippen molar-refractivity contribution in [3.63, 3.8) is 0 Å². The molecule has 1 aliphatic rings. The largest absolute Gasteiger partial charge is 0.374 e. The summed E-state index contributed by atoms with van der Waals surface area (Å²) >= 11 is 0.872. The van der Waals surface area contributed by atoms with E-state index in [0.29, 0.717) is 12.5 Å². The van der Waals surface area contributed by atoms with Crippen LogP contribution in [0.5, 0.6) is 0 Å². The number of hydrogen-bond donors (Lipinski definition) is 2. The topological polar surface area (TPSA) is 98.0 Å². The van der Waals surface area contributed by atoms with Crippen LogP contribution >= 0.6 is 11.3 Å². The highest BCUT2D eigenvalue weighted by molar-refractivity contribution is 7.91. The standard InChI is InChI=1S/C8H14N4O2S2/c1-8(2)3-5(8)4-10-16(13,14)7-12-11-6(9)15-7/h5,10H,3-4H2,1-2H3,(H2,9,11). The molecule has 90 valence electrons. The maximum absolute atomic E-state index is 11.7. The van der Waals surface area contributed by atoms with Gasteiger partial charge in [-0.25, -0.2) is 13.1 Å². The first-order chi connectivity index (χ1) is 7.31. The molecule has 1 heterocycles. The molecule has 1 saturated carbocycles. The molecule has 0 aliphatic heterocycles. The molecule has 16 heavy (non-hydrogen) atoms. The minimum Gasteiger partial charge on any atom is -0.374 e. The van der Waals surface area contributed by atoms with Crippen molar-refractivity contribution in [1.29, 1.82) is 0 Å². The number of nitrogens with two attached hydrogens (primary N) is 1. The van der Waals surface area contributed by atoms with Gasteiger partial charge in [-0.15, -0.1) is 10.2 Å². The molecule has 2 rings (SSSR count). The van der Waals surface area contributed by atoms with E-state index in [1.807, 2.05) is 0 Å². The Hall–Kier alpha value is -0.730. The van der Waals surface area contributed by atoms with Gasteiger partial charge in [0.25, 0.3) is 10.0 Å². The molecule has 0 saturated heterocycles. The lowest BCUT2D eigenvalue weighted by atomic mass is 10.1. The molecule has 1 unspecified atom stereocenters. The first kappa shape index (κ1) is 11.7. The molecule has 1 aromatic heterocycles. The molecule has 1 fully saturated rings. The Morgan fingerprint density at radius 3 is 2.62 bits per heavy atom. The van der Waals surface area contributed by atoms with Crippen molar-refractivity contribution < 1.29 is 8.42 Å². The monoisotopic (exact) mass is 262 g/mol. The molecule has 0 bridgehead atoms. The molecule has 0 radical (unpaired) electrons. The normalized spacial score (nSPS) is 23.2. The number of aromatic nitrogens is 2. The fourth-order valence-electron chi connectivity index (χ4n) is 1.53. The summed E-state index contributed by atoms with van der Waals surface area (Å²) in [7, 11) is -3.53. The van der Waals surface area contributed by atoms with Gasteiger partial charge in [-0.05, 0) is 17.8 Å². The van der Waals surface area contributed by atoms with Gasteiger partial charge in [0.15, 0.2) is 0 Å². The molecule has 1 atom stereocenters. The van der Waals surface area contributed by atoms with E-state index >= 15 is 0 Å². The quantitative estimate of drug-likeness (QED) is 0.820. The first-order valence-electron chi connectivity index (χ1n) is 4.90. The summed E-state index contributed by atoms with van der Waals surface area (Å²) in [5.41, 5.74) is 5.59. The Kier molecular flexibility index (Phi) is 2.67. The van der Waals surface area contributed by atoms with Crippen molar-refractivity contribution in [2.45, 2.75) is 24.6 Å². The van der Waals surface area contributed by atoms with Crippen LogP contribution in [0.1, 0.15) is 20.3 Å². The number of rotatable bonds is 4. The van der Waals surface area contributed by atoms with E-state index in [0.717, 1.165) is 17.8 Å². The van der Waals surface area contributed by atoms with Crippen molar-refractivity contribution >= 4 is 26.5 Å². The Bertz CT molecular complexity index is 494. The van der Waals surface area contributed by atoms with E-state index < -0.39 is 10.0 Å². The molecule has 8 heteroatoms. The molecule has 0 amide bonds. The van der Waals surface area contributed by atoms with E-state index in [2.05, 4.69) is 28.8 Å². The summed E-state index contributed by atoms with van der Waals surface area (Å²) in [6, 6.07) is 0. The highest BCUT2D eigenvalue weighted by atomic mass is 32.2. The molecular weight excluding hydrogens is 248 g/mol. The zero-order valence-electron chi connectivity index (χ0n) is 9.10. The Labute approximate surface area is 98.3 Å². The van der Waals surface area contributed by atoms with Gasteiger partial charge < -0.3 is 5.73 Å². The van der Waals surface area contributed by atoms with Crippen LogP contribution in [0.25, 0.3) is 0 Å². The van der Waals surface area contributed by atoms with Gasteiger partial charge in [0.1, 0.15) is 0 Å². The van der Waals surface area contributed by atoms with Crippen molar-refractivity contribution in [3.05, 3.63) is 0 Å². The summed E-state index contributed by atoms with van der Waals surface area (Å²) < 4.78 is 25.9. The second kappa shape index (κ2) is 3.64. The van der Waals surface area contributed by atoms with Crippen LogP contribution in [-0.4, -0.2) is 25.2 Å². The molecule has 6 nitrogen and oxygen atoms in total. The minimum absolute atomic E-state index is 0.0662. The number of sulfonamides is 1. The first-order valence-corrected chi connectivity index (χ1v) is 7.20. The smallest absolute Gasteiger partial charge is 0.269 e. The van der Waals surface area contributed by atoms with Crippen LogP contribution in [0, 0.1) is 11.3 Å². The van der Waals surface area contributed by atoms with E-state index in [-0.39, 0.29) is 14.9 Å². The lowest BCUT2D eigenvalue weighted by Crippen LogP contribution is -2.26.